The molecule has 0 saturated heterocycles. The SMILES string of the molecule is COC(=O)OC(CC(=O)O)(CC(=O)O)C(=O)O. The van der Waals surface area contributed by atoms with Crippen molar-refractivity contribution in [1.82, 2.24) is 0 Å². The van der Waals surface area contributed by atoms with Crippen LogP contribution in [0.1, 0.15) is 12.8 Å². The van der Waals surface area contributed by atoms with Crippen molar-refractivity contribution in [1.29, 1.82) is 0 Å². The van der Waals surface area contributed by atoms with Crippen LogP contribution < -0.4 is 0 Å². The molecule has 0 radical (unpaired) electrons. The Hall–Kier alpha value is -2.32. The molecule has 0 aliphatic rings. The summed E-state index contributed by atoms with van der Waals surface area (Å²) in [7, 11) is 0.872. The van der Waals surface area contributed by atoms with Crippen molar-refractivity contribution >= 4 is 24.1 Å². The summed E-state index contributed by atoms with van der Waals surface area (Å²) in [5, 5.41) is 25.8. The highest BCUT2D eigenvalue weighted by molar-refractivity contribution is 5.90. The molecule has 0 rings (SSSR count). The van der Waals surface area contributed by atoms with E-state index in [4.69, 9.17) is 15.3 Å². The van der Waals surface area contributed by atoms with Gasteiger partial charge in [-0.05, 0) is 0 Å². The van der Waals surface area contributed by atoms with Crippen LogP contribution in [-0.4, -0.2) is 52.1 Å². The number of carboxylic acid groups (broad SMARTS) is 3. The van der Waals surface area contributed by atoms with E-state index in [1.54, 1.807) is 0 Å². The molecule has 3 N–H and O–H groups in total. The van der Waals surface area contributed by atoms with Crippen LogP contribution in [0.15, 0.2) is 0 Å². The number of carbonyl (C=O) groups excluding carboxylic acids is 1. The maximum atomic E-state index is 10.9. The Morgan fingerprint density at radius 2 is 1.41 bits per heavy atom. The summed E-state index contributed by atoms with van der Waals surface area (Å²) in [6.07, 6.45) is -3.86. The van der Waals surface area contributed by atoms with Gasteiger partial charge in [0.2, 0.25) is 5.60 Å². The molecule has 17 heavy (non-hydrogen) atoms. The van der Waals surface area contributed by atoms with Gasteiger partial charge in [0.05, 0.1) is 20.0 Å². The lowest BCUT2D eigenvalue weighted by Gasteiger charge is -2.25. The van der Waals surface area contributed by atoms with Crippen LogP contribution in [0, 0.1) is 0 Å². The molecule has 0 aromatic rings. The highest BCUT2D eigenvalue weighted by Crippen LogP contribution is 2.22. The Labute approximate surface area is 94.5 Å². The van der Waals surface area contributed by atoms with Crippen molar-refractivity contribution in [2.45, 2.75) is 18.4 Å². The van der Waals surface area contributed by atoms with Crippen LogP contribution in [-0.2, 0) is 23.9 Å². The maximum Gasteiger partial charge on any atom is 0.509 e. The number of hydrogen-bond acceptors (Lipinski definition) is 6. The minimum Gasteiger partial charge on any atom is -0.481 e. The molecule has 0 bridgehead atoms. The highest BCUT2D eigenvalue weighted by Gasteiger charge is 2.47. The van der Waals surface area contributed by atoms with Crippen LogP contribution in [0.25, 0.3) is 0 Å². The third-order valence-corrected chi connectivity index (χ3v) is 1.71. The average Bonchev–Trinajstić information content (AvgIpc) is 2.14. The Bertz CT molecular complexity index is 329. The van der Waals surface area contributed by atoms with Gasteiger partial charge in [-0.3, -0.25) is 9.59 Å². The molecule has 0 unspecified atom stereocenters. The van der Waals surface area contributed by atoms with Gasteiger partial charge in [0.15, 0.2) is 0 Å². The number of carboxylic acids is 3. The Morgan fingerprint density at radius 3 is 1.65 bits per heavy atom. The first-order chi connectivity index (χ1) is 7.73. The molecule has 0 fully saturated rings. The number of carbonyl (C=O) groups is 4. The van der Waals surface area contributed by atoms with Gasteiger partial charge in [-0.25, -0.2) is 9.59 Å². The van der Waals surface area contributed by atoms with Gasteiger partial charge < -0.3 is 24.8 Å². The molecule has 0 aromatic carbocycles. The molecule has 9 nitrogen and oxygen atoms in total. The van der Waals surface area contributed by atoms with Gasteiger partial charge in [-0.1, -0.05) is 0 Å². The zero-order valence-corrected chi connectivity index (χ0v) is 8.71. The van der Waals surface area contributed by atoms with Crippen LogP contribution in [0.3, 0.4) is 0 Å². The Morgan fingerprint density at radius 1 is 1.00 bits per heavy atom. The van der Waals surface area contributed by atoms with Crippen molar-refractivity contribution in [2.24, 2.45) is 0 Å². The van der Waals surface area contributed by atoms with Crippen molar-refractivity contribution in [3.63, 3.8) is 0 Å². The quantitative estimate of drug-likeness (QED) is 0.532. The van der Waals surface area contributed by atoms with Crippen LogP contribution in [0.4, 0.5) is 4.79 Å². The molecule has 9 heteroatoms. The van der Waals surface area contributed by atoms with E-state index in [-0.39, 0.29) is 0 Å². The second kappa shape index (κ2) is 5.68. The Kier molecular flexibility index (Phi) is 4.90. The predicted molar refractivity (Wildman–Crippen MR) is 48.4 cm³/mol. The van der Waals surface area contributed by atoms with Gasteiger partial charge in [0.25, 0.3) is 0 Å². The molecule has 0 spiro atoms. The fraction of sp³-hybridized carbons (Fsp3) is 0.500. The van der Waals surface area contributed by atoms with Gasteiger partial charge in [-0.15, -0.1) is 0 Å². The fourth-order valence-corrected chi connectivity index (χ4v) is 1.02. The second-order valence-corrected chi connectivity index (χ2v) is 3.00. The van der Waals surface area contributed by atoms with E-state index in [0.717, 1.165) is 7.11 Å². The van der Waals surface area contributed by atoms with Gasteiger partial charge in [-0.2, -0.15) is 0 Å². The lowest BCUT2D eigenvalue weighted by atomic mass is 9.95. The van der Waals surface area contributed by atoms with Crippen molar-refractivity contribution in [2.75, 3.05) is 7.11 Å². The van der Waals surface area contributed by atoms with Crippen LogP contribution >= 0.6 is 0 Å². The van der Waals surface area contributed by atoms with E-state index in [1.807, 2.05) is 0 Å². The predicted octanol–water partition coefficient (Wildman–Crippen LogP) is -0.458. The molecule has 0 aliphatic carbocycles. The van der Waals surface area contributed by atoms with E-state index >= 15 is 0 Å². The normalized spacial score (nSPS) is 10.4. The van der Waals surface area contributed by atoms with Crippen molar-refractivity contribution < 1.29 is 44.0 Å². The molecule has 0 heterocycles. The van der Waals surface area contributed by atoms with Crippen molar-refractivity contribution in [3.05, 3.63) is 0 Å². The second-order valence-electron chi connectivity index (χ2n) is 3.00. The van der Waals surface area contributed by atoms with Crippen molar-refractivity contribution in [3.8, 4) is 0 Å². The van der Waals surface area contributed by atoms with E-state index in [1.165, 1.54) is 0 Å². The maximum absolute atomic E-state index is 10.9. The largest absolute Gasteiger partial charge is 0.509 e. The van der Waals surface area contributed by atoms with E-state index < -0.39 is 42.5 Å². The van der Waals surface area contributed by atoms with Crippen LogP contribution in [0.5, 0.6) is 0 Å². The summed E-state index contributed by atoms with van der Waals surface area (Å²) in [5.41, 5.74) is -2.69. The Balaban J connectivity index is 5.22. The monoisotopic (exact) mass is 250 g/mol. The third-order valence-electron chi connectivity index (χ3n) is 1.71. The zero-order valence-electron chi connectivity index (χ0n) is 8.71. The molecule has 96 valence electrons. The first-order valence-corrected chi connectivity index (χ1v) is 4.17. The molecular formula is C8H10O9. The summed E-state index contributed by atoms with van der Waals surface area (Å²) in [5.74, 6) is -5.14. The molecule has 0 saturated carbocycles. The number of ether oxygens (including phenoxy) is 2. The summed E-state index contributed by atoms with van der Waals surface area (Å²) < 4.78 is 8.26. The summed E-state index contributed by atoms with van der Waals surface area (Å²) in [6, 6.07) is 0. The first kappa shape index (κ1) is 14.7. The topological polar surface area (TPSA) is 147 Å². The fourth-order valence-electron chi connectivity index (χ4n) is 1.02. The molecule has 0 aromatic heterocycles. The third kappa shape index (κ3) is 4.36. The lowest BCUT2D eigenvalue weighted by Crippen LogP contribution is -2.47. The number of rotatable bonds is 6. The molecule has 0 atom stereocenters. The summed E-state index contributed by atoms with van der Waals surface area (Å²) >= 11 is 0. The van der Waals surface area contributed by atoms with Gasteiger partial charge >= 0.3 is 24.1 Å². The zero-order chi connectivity index (χ0) is 13.6. The smallest absolute Gasteiger partial charge is 0.481 e. The van der Waals surface area contributed by atoms with E-state index in [0.29, 0.717) is 0 Å². The van der Waals surface area contributed by atoms with Gasteiger partial charge in [0.1, 0.15) is 0 Å². The average molecular weight is 250 g/mol. The van der Waals surface area contributed by atoms with Crippen LogP contribution in [0.2, 0.25) is 0 Å². The van der Waals surface area contributed by atoms with E-state index in [9.17, 15) is 19.2 Å². The highest BCUT2D eigenvalue weighted by atomic mass is 16.7. The minimum absolute atomic E-state index is 0.872. The minimum atomic E-state index is -2.69. The molecule has 0 aliphatic heterocycles. The number of aliphatic carboxylic acids is 3. The van der Waals surface area contributed by atoms with Gasteiger partial charge in [0, 0.05) is 0 Å². The standard InChI is InChI=1S/C8H10O9/c1-16-7(15)17-8(6(13)14,2-4(9)10)3-5(11)12/h2-3H2,1H3,(H,9,10)(H,11,12)(H,13,14). The number of hydrogen-bond donors (Lipinski definition) is 3. The van der Waals surface area contributed by atoms with E-state index in [2.05, 4.69) is 9.47 Å². The molecular weight excluding hydrogens is 240 g/mol. The first-order valence-electron chi connectivity index (χ1n) is 4.17. The summed E-state index contributed by atoms with van der Waals surface area (Å²) in [6.45, 7) is 0. The number of methoxy groups -OCH3 is 1. The molecule has 0 amide bonds. The lowest BCUT2D eigenvalue weighted by molar-refractivity contribution is -0.172. The summed E-state index contributed by atoms with van der Waals surface area (Å²) in [4.78, 5) is 42.7.